The first-order valence-electron chi connectivity index (χ1n) is 5.44. The van der Waals surface area contributed by atoms with E-state index >= 15 is 0 Å². The number of nitrogens with one attached hydrogen (secondary N) is 1. The van der Waals surface area contributed by atoms with Crippen molar-refractivity contribution < 1.29 is 4.74 Å². The van der Waals surface area contributed by atoms with E-state index in [-0.39, 0.29) is 12.1 Å². The summed E-state index contributed by atoms with van der Waals surface area (Å²) in [6, 6.07) is 6.15. The van der Waals surface area contributed by atoms with Crippen LogP contribution in [0.3, 0.4) is 0 Å². The molecule has 3 rings (SSSR count). The number of hydrogen-bond donors (Lipinski definition) is 1. The average Bonchev–Trinajstić information content (AvgIpc) is 2.94. The summed E-state index contributed by atoms with van der Waals surface area (Å²) in [7, 11) is 1.75. The van der Waals surface area contributed by atoms with E-state index in [1.165, 1.54) is 0 Å². The van der Waals surface area contributed by atoms with Crippen molar-refractivity contribution in [1.29, 1.82) is 0 Å². The first kappa shape index (κ1) is 9.74. The van der Waals surface area contributed by atoms with E-state index < -0.39 is 0 Å². The third kappa shape index (κ3) is 1.48. The molecule has 1 fully saturated rings. The van der Waals surface area contributed by atoms with E-state index in [1.54, 1.807) is 7.11 Å². The zero-order valence-electron chi connectivity index (χ0n) is 9.13. The van der Waals surface area contributed by atoms with Crippen molar-refractivity contribution in [2.75, 3.05) is 13.7 Å². The van der Waals surface area contributed by atoms with Crippen molar-refractivity contribution in [3.63, 3.8) is 0 Å². The molecule has 3 heterocycles. The predicted molar refractivity (Wildman–Crippen MR) is 59.1 cm³/mol. The van der Waals surface area contributed by atoms with Crippen LogP contribution in [-0.2, 0) is 4.74 Å². The van der Waals surface area contributed by atoms with Crippen LogP contribution >= 0.6 is 0 Å². The highest BCUT2D eigenvalue weighted by Gasteiger charge is 2.28. The van der Waals surface area contributed by atoms with Gasteiger partial charge in [-0.15, -0.1) is 10.2 Å². The van der Waals surface area contributed by atoms with Gasteiger partial charge in [-0.3, -0.25) is 4.40 Å². The Morgan fingerprint density at radius 2 is 2.38 bits per heavy atom. The van der Waals surface area contributed by atoms with E-state index in [2.05, 4.69) is 15.5 Å². The fourth-order valence-corrected chi connectivity index (χ4v) is 2.18. The number of aromatic nitrogens is 3. The van der Waals surface area contributed by atoms with E-state index in [0.717, 1.165) is 24.4 Å². The lowest BCUT2D eigenvalue weighted by atomic mass is 10.2. The largest absolute Gasteiger partial charge is 0.380 e. The van der Waals surface area contributed by atoms with E-state index in [9.17, 15) is 0 Å². The van der Waals surface area contributed by atoms with Gasteiger partial charge in [-0.05, 0) is 18.6 Å². The SMILES string of the molecule is COC1CNC(c2nnc3ccccn23)C1. The minimum absolute atomic E-state index is 0.238. The second-order valence-electron chi connectivity index (χ2n) is 4.04. The van der Waals surface area contributed by atoms with Gasteiger partial charge in [-0.2, -0.15) is 0 Å². The molecule has 1 aliphatic heterocycles. The van der Waals surface area contributed by atoms with Crippen LogP contribution in [0, 0.1) is 0 Å². The molecule has 2 unspecified atom stereocenters. The molecule has 0 amide bonds. The molecule has 84 valence electrons. The summed E-state index contributed by atoms with van der Waals surface area (Å²) in [5, 5.41) is 11.8. The Hall–Kier alpha value is -1.46. The summed E-state index contributed by atoms with van der Waals surface area (Å²) >= 11 is 0. The molecule has 1 saturated heterocycles. The van der Waals surface area contributed by atoms with Crippen LogP contribution in [-0.4, -0.2) is 34.4 Å². The highest BCUT2D eigenvalue weighted by Crippen LogP contribution is 2.23. The lowest BCUT2D eigenvalue weighted by Gasteiger charge is -2.07. The van der Waals surface area contributed by atoms with Gasteiger partial charge in [0.05, 0.1) is 12.1 Å². The summed E-state index contributed by atoms with van der Waals surface area (Å²) < 4.78 is 7.36. The second kappa shape index (κ2) is 3.84. The van der Waals surface area contributed by atoms with Gasteiger partial charge in [0, 0.05) is 19.9 Å². The lowest BCUT2D eigenvalue weighted by Crippen LogP contribution is -2.17. The van der Waals surface area contributed by atoms with E-state index in [4.69, 9.17) is 4.74 Å². The van der Waals surface area contributed by atoms with Gasteiger partial charge in [0.25, 0.3) is 0 Å². The van der Waals surface area contributed by atoms with Crippen molar-refractivity contribution in [2.24, 2.45) is 0 Å². The van der Waals surface area contributed by atoms with Gasteiger partial charge in [0.1, 0.15) is 0 Å². The first-order valence-corrected chi connectivity index (χ1v) is 5.44. The van der Waals surface area contributed by atoms with Crippen LogP contribution < -0.4 is 5.32 Å². The average molecular weight is 218 g/mol. The number of methoxy groups -OCH3 is 1. The summed E-state index contributed by atoms with van der Waals surface area (Å²) in [6.07, 6.45) is 3.22. The molecule has 1 N–H and O–H groups in total. The molecule has 2 aromatic rings. The highest BCUT2D eigenvalue weighted by atomic mass is 16.5. The zero-order valence-corrected chi connectivity index (χ0v) is 9.13. The normalized spacial score (nSPS) is 25.3. The third-order valence-electron chi connectivity index (χ3n) is 3.08. The van der Waals surface area contributed by atoms with Crippen molar-refractivity contribution in [3.05, 3.63) is 30.2 Å². The molecule has 16 heavy (non-hydrogen) atoms. The van der Waals surface area contributed by atoms with Gasteiger partial charge in [0.2, 0.25) is 0 Å². The Bertz CT molecular complexity index is 495. The maximum Gasteiger partial charge on any atom is 0.160 e. The van der Waals surface area contributed by atoms with E-state index in [1.807, 2.05) is 28.8 Å². The smallest absolute Gasteiger partial charge is 0.160 e. The zero-order chi connectivity index (χ0) is 11.0. The molecule has 0 aromatic carbocycles. The van der Waals surface area contributed by atoms with Crippen molar-refractivity contribution in [2.45, 2.75) is 18.6 Å². The predicted octanol–water partition coefficient (Wildman–Crippen LogP) is 0.779. The van der Waals surface area contributed by atoms with Gasteiger partial charge < -0.3 is 10.1 Å². The molecule has 5 heteroatoms. The minimum atomic E-state index is 0.238. The molecular weight excluding hydrogens is 204 g/mol. The molecule has 0 aliphatic carbocycles. The highest BCUT2D eigenvalue weighted by molar-refractivity contribution is 5.37. The van der Waals surface area contributed by atoms with Gasteiger partial charge in [-0.1, -0.05) is 6.07 Å². The third-order valence-corrected chi connectivity index (χ3v) is 3.08. The first-order chi connectivity index (χ1) is 7.88. The fourth-order valence-electron chi connectivity index (χ4n) is 2.18. The minimum Gasteiger partial charge on any atom is -0.380 e. The van der Waals surface area contributed by atoms with Crippen LogP contribution in [0.2, 0.25) is 0 Å². The number of pyridine rings is 1. The standard InChI is InChI=1S/C11H14N4O/c1-16-8-6-9(12-7-8)11-14-13-10-4-2-3-5-15(10)11/h2-5,8-9,12H,6-7H2,1H3. The number of nitrogens with zero attached hydrogens (tertiary/aromatic N) is 3. The van der Waals surface area contributed by atoms with Crippen LogP contribution in [0.4, 0.5) is 0 Å². The molecule has 2 atom stereocenters. The second-order valence-corrected chi connectivity index (χ2v) is 4.04. The summed E-state index contributed by atoms with van der Waals surface area (Å²) in [4.78, 5) is 0. The monoisotopic (exact) mass is 218 g/mol. The van der Waals surface area contributed by atoms with Crippen LogP contribution in [0.15, 0.2) is 24.4 Å². The van der Waals surface area contributed by atoms with Crippen LogP contribution in [0.1, 0.15) is 18.3 Å². The molecular formula is C11H14N4O. The Morgan fingerprint density at radius 1 is 1.44 bits per heavy atom. The van der Waals surface area contributed by atoms with Crippen molar-refractivity contribution >= 4 is 5.65 Å². The molecule has 0 bridgehead atoms. The molecule has 0 spiro atoms. The molecule has 0 radical (unpaired) electrons. The quantitative estimate of drug-likeness (QED) is 0.809. The molecule has 5 nitrogen and oxygen atoms in total. The number of hydrogen-bond acceptors (Lipinski definition) is 4. The molecule has 0 saturated carbocycles. The van der Waals surface area contributed by atoms with Gasteiger partial charge in [-0.25, -0.2) is 0 Å². The number of rotatable bonds is 2. The van der Waals surface area contributed by atoms with Gasteiger partial charge in [0.15, 0.2) is 11.5 Å². The topological polar surface area (TPSA) is 51.5 Å². The van der Waals surface area contributed by atoms with Gasteiger partial charge >= 0.3 is 0 Å². The maximum absolute atomic E-state index is 5.33. The number of ether oxygens (including phenoxy) is 1. The Balaban J connectivity index is 1.95. The van der Waals surface area contributed by atoms with Crippen molar-refractivity contribution in [1.82, 2.24) is 19.9 Å². The van der Waals surface area contributed by atoms with Crippen molar-refractivity contribution in [3.8, 4) is 0 Å². The Labute approximate surface area is 93.4 Å². The fraction of sp³-hybridized carbons (Fsp3) is 0.455. The summed E-state index contributed by atoms with van der Waals surface area (Å²) in [6.45, 7) is 0.878. The van der Waals surface area contributed by atoms with Crippen LogP contribution in [0.25, 0.3) is 5.65 Å². The molecule has 2 aromatic heterocycles. The molecule has 1 aliphatic rings. The summed E-state index contributed by atoms with van der Waals surface area (Å²) in [5.74, 6) is 0.968. The van der Waals surface area contributed by atoms with E-state index in [0.29, 0.717) is 0 Å². The lowest BCUT2D eigenvalue weighted by molar-refractivity contribution is 0.117. The maximum atomic E-state index is 5.33. The number of fused-ring (bicyclic) bond motifs is 1. The Kier molecular flexibility index (Phi) is 2.34. The van der Waals surface area contributed by atoms with Crippen LogP contribution in [0.5, 0.6) is 0 Å². The summed E-state index contributed by atoms with van der Waals surface area (Å²) in [5.41, 5.74) is 0.889. The Morgan fingerprint density at radius 3 is 3.19 bits per heavy atom.